The van der Waals surface area contributed by atoms with Gasteiger partial charge in [0.25, 0.3) is 0 Å². The van der Waals surface area contributed by atoms with Gasteiger partial charge in [-0.05, 0) is 38.0 Å². The first-order valence-electron chi connectivity index (χ1n) is 7.29. The van der Waals surface area contributed by atoms with E-state index in [1.54, 1.807) is 0 Å². The fourth-order valence-corrected chi connectivity index (χ4v) is 3.07. The van der Waals surface area contributed by atoms with E-state index < -0.39 is 5.60 Å². The van der Waals surface area contributed by atoms with Gasteiger partial charge in [-0.2, -0.15) is 0 Å². The lowest BCUT2D eigenvalue weighted by molar-refractivity contribution is -0.128. The van der Waals surface area contributed by atoms with Crippen LogP contribution in [0, 0.1) is 11.8 Å². The molecular formula is C15H28O2. The van der Waals surface area contributed by atoms with Gasteiger partial charge < -0.3 is 5.11 Å². The summed E-state index contributed by atoms with van der Waals surface area (Å²) < 4.78 is 0. The van der Waals surface area contributed by atoms with Crippen LogP contribution in [0.25, 0.3) is 0 Å². The van der Waals surface area contributed by atoms with Crippen molar-refractivity contribution in [1.29, 1.82) is 0 Å². The van der Waals surface area contributed by atoms with Gasteiger partial charge in [0.15, 0.2) is 0 Å². The summed E-state index contributed by atoms with van der Waals surface area (Å²) in [5.74, 6) is 1.21. The Bertz CT molecular complexity index is 243. The quantitative estimate of drug-likeness (QED) is 0.768. The molecule has 0 spiro atoms. The third-order valence-electron chi connectivity index (χ3n) is 4.51. The van der Waals surface area contributed by atoms with Crippen LogP contribution in [-0.4, -0.2) is 16.5 Å². The maximum Gasteiger partial charge on any atom is 0.136 e. The number of ketones is 1. The molecule has 17 heavy (non-hydrogen) atoms. The van der Waals surface area contributed by atoms with Gasteiger partial charge in [-0.3, -0.25) is 4.79 Å². The van der Waals surface area contributed by atoms with Gasteiger partial charge >= 0.3 is 0 Å². The zero-order chi connectivity index (χ0) is 12.9. The first kappa shape index (κ1) is 14.7. The molecular weight excluding hydrogens is 212 g/mol. The van der Waals surface area contributed by atoms with Gasteiger partial charge in [0, 0.05) is 12.3 Å². The van der Waals surface area contributed by atoms with Crippen LogP contribution in [0.4, 0.5) is 0 Å². The summed E-state index contributed by atoms with van der Waals surface area (Å²) in [6, 6.07) is 0. The zero-order valence-electron chi connectivity index (χ0n) is 11.7. The Hall–Kier alpha value is -0.370. The van der Waals surface area contributed by atoms with E-state index in [1.807, 2.05) is 13.8 Å². The SMILES string of the molecule is CCCC1CCC(=O)C(CC(O)(CC)CC)C1. The maximum atomic E-state index is 11.9. The Morgan fingerprint density at radius 1 is 1.29 bits per heavy atom. The topological polar surface area (TPSA) is 37.3 Å². The van der Waals surface area contributed by atoms with Crippen molar-refractivity contribution in [3.8, 4) is 0 Å². The normalized spacial score (nSPS) is 26.2. The van der Waals surface area contributed by atoms with Crippen LogP contribution in [0.3, 0.4) is 0 Å². The number of aliphatic hydroxyl groups is 1. The minimum Gasteiger partial charge on any atom is -0.390 e. The molecule has 1 fully saturated rings. The van der Waals surface area contributed by atoms with E-state index in [1.165, 1.54) is 12.8 Å². The smallest absolute Gasteiger partial charge is 0.136 e. The van der Waals surface area contributed by atoms with Crippen molar-refractivity contribution in [2.45, 2.75) is 77.7 Å². The molecule has 0 aliphatic heterocycles. The number of hydrogen-bond acceptors (Lipinski definition) is 2. The van der Waals surface area contributed by atoms with Crippen LogP contribution >= 0.6 is 0 Å². The highest BCUT2D eigenvalue weighted by Crippen LogP contribution is 2.35. The molecule has 0 aromatic carbocycles. The molecule has 0 aromatic heterocycles. The Labute approximate surface area is 106 Å². The van der Waals surface area contributed by atoms with Crippen LogP contribution in [0.15, 0.2) is 0 Å². The highest BCUT2D eigenvalue weighted by atomic mass is 16.3. The highest BCUT2D eigenvalue weighted by molar-refractivity contribution is 5.81. The predicted octanol–water partition coefficient (Wildman–Crippen LogP) is 3.71. The number of hydrogen-bond donors (Lipinski definition) is 1. The number of carbonyl (C=O) groups excluding carboxylic acids is 1. The molecule has 2 nitrogen and oxygen atoms in total. The average Bonchev–Trinajstić information content (AvgIpc) is 2.33. The molecule has 0 amide bonds. The van der Waals surface area contributed by atoms with Gasteiger partial charge in [-0.1, -0.05) is 33.6 Å². The molecule has 1 N–H and O–H groups in total. The third-order valence-corrected chi connectivity index (χ3v) is 4.51. The van der Waals surface area contributed by atoms with Crippen molar-refractivity contribution >= 4 is 5.78 Å². The van der Waals surface area contributed by atoms with Crippen LogP contribution in [-0.2, 0) is 4.79 Å². The fourth-order valence-electron chi connectivity index (χ4n) is 3.07. The fraction of sp³-hybridized carbons (Fsp3) is 0.933. The molecule has 2 atom stereocenters. The number of carbonyl (C=O) groups is 1. The van der Waals surface area contributed by atoms with E-state index in [9.17, 15) is 9.90 Å². The Balaban J connectivity index is 2.58. The molecule has 2 heteroatoms. The molecule has 0 aromatic rings. The van der Waals surface area contributed by atoms with E-state index in [2.05, 4.69) is 6.92 Å². The van der Waals surface area contributed by atoms with Gasteiger partial charge in [0.05, 0.1) is 5.60 Å². The lowest BCUT2D eigenvalue weighted by atomic mass is 9.73. The van der Waals surface area contributed by atoms with Crippen LogP contribution in [0.2, 0.25) is 0 Å². The molecule has 0 saturated heterocycles. The van der Waals surface area contributed by atoms with Crippen LogP contribution in [0.5, 0.6) is 0 Å². The van der Waals surface area contributed by atoms with Crippen molar-refractivity contribution in [2.75, 3.05) is 0 Å². The summed E-state index contributed by atoms with van der Waals surface area (Å²) in [4.78, 5) is 11.9. The Morgan fingerprint density at radius 2 is 1.94 bits per heavy atom. The molecule has 0 heterocycles. The van der Waals surface area contributed by atoms with Crippen molar-refractivity contribution < 1.29 is 9.90 Å². The number of rotatable bonds is 6. The molecule has 2 unspecified atom stereocenters. The van der Waals surface area contributed by atoms with E-state index in [0.717, 1.165) is 32.1 Å². The van der Waals surface area contributed by atoms with Gasteiger partial charge in [0.1, 0.15) is 5.78 Å². The van der Waals surface area contributed by atoms with Crippen LogP contribution in [0.1, 0.15) is 72.1 Å². The lowest BCUT2D eigenvalue weighted by Gasteiger charge is -2.34. The van der Waals surface area contributed by atoms with Gasteiger partial charge in [-0.15, -0.1) is 0 Å². The second-order valence-electron chi connectivity index (χ2n) is 5.73. The minimum absolute atomic E-state index is 0.116. The summed E-state index contributed by atoms with van der Waals surface area (Å²) in [6.45, 7) is 6.24. The van der Waals surface area contributed by atoms with Crippen LogP contribution < -0.4 is 0 Å². The van der Waals surface area contributed by atoms with E-state index >= 15 is 0 Å². The molecule has 100 valence electrons. The molecule has 1 aliphatic carbocycles. The minimum atomic E-state index is -0.617. The second kappa shape index (κ2) is 6.53. The molecule has 1 rings (SSSR count). The summed E-state index contributed by atoms with van der Waals surface area (Å²) in [5, 5.41) is 10.4. The highest BCUT2D eigenvalue weighted by Gasteiger charge is 2.34. The molecule has 1 saturated carbocycles. The largest absolute Gasteiger partial charge is 0.390 e. The van der Waals surface area contributed by atoms with Gasteiger partial charge in [0.2, 0.25) is 0 Å². The van der Waals surface area contributed by atoms with E-state index in [4.69, 9.17) is 0 Å². The lowest BCUT2D eigenvalue weighted by Crippen LogP contribution is -2.35. The standard InChI is InChI=1S/C15H28O2/c1-4-7-12-8-9-14(16)13(10-12)11-15(17,5-2)6-3/h12-13,17H,4-11H2,1-3H3. The Kier molecular flexibility index (Phi) is 5.64. The Morgan fingerprint density at radius 3 is 2.47 bits per heavy atom. The molecule has 1 aliphatic rings. The third kappa shape index (κ3) is 4.09. The van der Waals surface area contributed by atoms with E-state index in [-0.39, 0.29) is 5.92 Å². The summed E-state index contributed by atoms with van der Waals surface area (Å²) in [7, 11) is 0. The van der Waals surface area contributed by atoms with Crippen molar-refractivity contribution in [3.63, 3.8) is 0 Å². The summed E-state index contributed by atoms with van der Waals surface area (Å²) in [5.41, 5.74) is -0.617. The monoisotopic (exact) mass is 240 g/mol. The predicted molar refractivity (Wildman–Crippen MR) is 70.9 cm³/mol. The van der Waals surface area contributed by atoms with Crippen molar-refractivity contribution in [1.82, 2.24) is 0 Å². The average molecular weight is 240 g/mol. The molecule has 0 bridgehead atoms. The first-order chi connectivity index (χ1) is 8.04. The number of Topliss-reactive ketones (excluding diaryl/α,β-unsaturated/α-hetero) is 1. The van der Waals surface area contributed by atoms with Gasteiger partial charge in [-0.25, -0.2) is 0 Å². The first-order valence-corrected chi connectivity index (χ1v) is 7.29. The second-order valence-corrected chi connectivity index (χ2v) is 5.73. The summed E-state index contributed by atoms with van der Waals surface area (Å²) in [6.07, 6.45) is 7.45. The summed E-state index contributed by atoms with van der Waals surface area (Å²) >= 11 is 0. The van der Waals surface area contributed by atoms with E-state index in [0.29, 0.717) is 18.1 Å². The van der Waals surface area contributed by atoms with Crippen molar-refractivity contribution in [3.05, 3.63) is 0 Å². The zero-order valence-corrected chi connectivity index (χ0v) is 11.7. The molecule has 0 radical (unpaired) electrons. The maximum absolute atomic E-state index is 11.9. The van der Waals surface area contributed by atoms with Crippen molar-refractivity contribution in [2.24, 2.45) is 11.8 Å².